The number of halogens is 6. The summed E-state index contributed by atoms with van der Waals surface area (Å²) in [5.74, 6) is -2.33. The van der Waals surface area contributed by atoms with Gasteiger partial charge in [-0.05, 0) is 29.8 Å². The van der Waals surface area contributed by atoms with E-state index in [0.717, 1.165) is 24.3 Å². The number of hydrogen-bond donors (Lipinski definition) is 1. The number of benzene rings is 2. The molecule has 0 saturated heterocycles. The summed E-state index contributed by atoms with van der Waals surface area (Å²) in [6.07, 6.45) is -4.82. The lowest BCUT2D eigenvalue weighted by Crippen LogP contribution is -2.18. The second-order valence-corrected chi connectivity index (χ2v) is 4.81. The van der Waals surface area contributed by atoms with Gasteiger partial charge in [0.1, 0.15) is 17.4 Å². The predicted molar refractivity (Wildman–Crippen MR) is 70.5 cm³/mol. The second-order valence-electron chi connectivity index (χ2n) is 4.38. The molecule has 0 bridgehead atoms. The van der Waals surface area contributed by atoms with Gasteiger partial charge in [-0.15, -0.1) is 13.2 Å². The van der Waals surface area contributed by atoms with E-state index in [9.17, 15) is 22.0 Å². The summed E-state index contributed by atoms with van der Waals surface area (Å²) >= 11 is 5.51. The molecule has 118 valence electrons. The van der Waals surface area contributed by atoms with Gasteiger partial charge in [-0.3, -0.25) is 0 Å². The Hall–Kier alpha value is -1.86. The average Bonchev–Trinajstić information content (AvgIpc) is 2.36. The first-order chi connectivity index (χ1) is 10.2. The molecule has 0 aliphatic heterocycles. The first kappa shape index (κ1) is 16.5. The van der Waals surface area contributed by atoms with Crippen LogP contribution in [0.3, 0.4) is 0 Å². The van der Waals surface area contributed by atoms with Crippen molar-refractivity contribution in [3.05, 3.63) is 64.2 Å². The molecule has 2 nitrogen and oxygen atoms in total. The lowest BCUT2D eigenvalue weighted by Gasteiger charge is -2.15. The zero-order chi connectivity index (χ0) is 16.5. The van der Waals surface area contributed by atoms with Crippen molar-refractivity contribution in [2.75, 3.05) is 0 Å². The minimum atomic E-state index is -4.82. The standard InChI is InChI=1S/C14H9ClF5NO/c15-8-5-10(16)12(11(17)6-8)13(21)7-1-3-9(4-2-7)22-14(18,19)20/h1-6,13H,21H2/t13-/m0/s1. The molecule has 0 aliphatic rings. The number of nitrogens with two attached hydrogens (primary N) is 1. The molecule has 8 heteroatoms. The highest BCUT2D eigenvalue weighted by atomic mass is 35.5. The third-order valence-electron chi connectivity index (χ3n) is 2.83. The molecule has 2 aromatic rings. The normalized spacial score (nSPS) is 13.0. The molecular formula is C14H9ClF5NO. The van der Waals surface area contributed by atoms with Crippen molar-refractivity contribution in [3.63, 3.8) is 0 Å². The van der Waals surface area contributed by atoms with Crippen molar-refractivity contribution in [1.82, 2.24) is 0 Å². The Kier molecular flexibility index (Phi) is 4.58. The van der Waals surface area contributed by atoms with Crippen molar-refractivity contribution < 1.29 is 26.7 Å². The number of rotatable bonds is 3. The molecule has 0 aliphatic carbocycles. The summed E-state index contributed by atoms with van der Waals surface area (Å²) in [6, 6.07) is 5.01. The molecular weight excluding hydrogens is 329 g/mol. The zero-order valence-corrected chi connectivity index (χ0v) is 11.6. The fourth-order valence-electron chi connectivity index (χ4n) is 1.89. The van der Waals surface area contributed by atoms with Crippen molar-refractivity contribution >= 4 is 11.6 Å². The number of hydrogen-bond acceptors (Lipinski definition) is 2. The molecule has 0 unspecified atom stereocenters. The van der Waals surface area contributed by atoms with Crippen LogP contribution in [0.2, 0.25) is 5.02 Å². The summed E-state index contributed by atoms with van der Waals surface area (Å²) in [5, 5.41) is -0.125. The molecule has 2 aromatic carbocycles. The highest BCUT2D eigenvalue weighted by Gasteiger charge is 2.31. The lowest BCUT2D eigenvalue weighted by atomic mass is 9.98. The Balaban J connectivity index is 2.29. The smallest absolute Gasteiger partial charge is 0.406 e. The van der Waals surface area contributed by atoms with E-state index in [-0.39, 0.29) is 10.6 Å². The minimum Gasteiger partial charge on any atom is -0.406 e. The molecule has 0 fully saturated rings. The van der Waals surface area contributed by atoms with E-state index in [2.05, 4.69) is 4.74 Å². The maximum absolute atomic E-state index is 13.8. The topological polar surface area (TPSA) is 35.2 Å². The van der Waals surface area contributed by atoms with Crippen LogP contribution in [0.5, 0.6) is 5.75 Å². The van der Waals surface area contributed by atoms with E-state index in [4.69, 9.17) is 17.3 Å². The Morgan fingerprint density at radius 2 is 1.50 bits per heavy atom. The van der Waals surface area contributed by atoms with Crippen LogP contribution in [-0.4, -0.2) is 6.36 Å². The fraction of sp³-hybridized carbons (Fsp3) is 0.143. The Bertz CT molecular complexity index is 649. The van der Waals surface area contributed by atoms with Crippen molar-refractivity contribution in [2.24, 2.45) is 5.73 Å². The summed E-state index contributed by atoms with van der Waals surface area (Å²) in [7, 11) is 0. The molecule has 0 radical (unpaired) electrons. The van der Waals surface area contributed by atoms with Crippen molar-refractivity contribution in [3.8, 4) is 5.75 Å². The summed E-state index contributed by atoms with van der Waals surface area (Å²) in [4.78, 5) is 0. The van der Waals surface area contributed by atoms with E-state index in [1.807, 2.05) is 0 Å². The Labute approximate surface area is 127 Å². The monoisotopic (exact) mass is 337 g/mol. The van der Waals surface area contributed by atoms with Gasteiger partial charge in [-0.1, -0.05) is 23.7 Å². The molecule has 22 heavy (non-hydrogen) atoms. The second kappa shape index (κ2) is 6.10. The van der Waals surface area contributed by atoms with Crippen molar-refractivity contribution in [1.29, 1.82) is 0 Å². The summed E-state index contributed by atoms with van der Waals surface area (Å²) < 4.78 is 67.4. The van der Waals surface area contributed by atoms with Gasteiger partial charge in [-0.2, -0.15) is 0 Å². The van der Waals surface area contributed by atoms with Crippen LogP contribution >= 0.6 is 11.6 Å². The molecule has 2 rings (SSSR count). The van der Waals surface area contributed by atoms with Gasteiger partial charge in [0.25, 0.3) is 0 Å². The molecule has 1 atom stereocenters. The summed E-state index contributed by atoms with van der Waals surface area (Å²) in [5.41, 5.74) is 5.55. The fourth-order valence-corrected chi connectivity index (χ4v) is 2.09. The minimum absolute atomic E-state index is 0.125. The van der Waals surface area contributed by atoms with Crippen LogP contribution in [0, 0.1) is 11.6 Å². The molecule has 0 saturated carbocycles. The van der Waals surface area contributed by atoms with E-state index < -0.39 is 35.4 Å². The number of alkyl halides is 3. The Morgan fingerprint density at radius 3 is 1.95 bits per heavy atom. The van der Waals surface area contributed by atoms with E-state index in [1.54, 1.807) is 0 Å². The van der Waals surface area contributed by atoms with Crippen molar-refractivity contribution in [2.45, 2.75) is 12.4 Å². The molecule has 0 spiro atoms. The van der Waals surface area contributed by atoms with Crippen LogP contribution in [0.15, 0.2) is 36.4 Å². The zero-order valence-electron chi connectivity index (χ0n) is 10.8. The maximum atomic E-state index is 13.8. The van der Waals surface area contributed by atoms with Gasteiger partial charge < -0.3 is 10.5 Å². The van der Waals surface area contributed by atoms with Gasteiger partial charge in [0.15, 0.2) is 0 Å². The van der Waals surface area contributed by atoms with Crippen LogP contribution in [0.25, 0.3) is 0 Å². The van der Waals surface area contributed by atoms with E-state index >= 15 is 0 Å². The highest BCUT2D eigenvalue weighted by Crippen LogP contribution is 2.29. The van der Waals surface area contributed by atoms with Gasteiger partial charge >= 0.3 is 6.36 Å². The molecule has 0 aromatic heterocycles. The van der Waals surface area contributed by atoms with Gasteiger partial charge in [0.2, 0.25) is 0 Å². The number of ether oxygens (including phenoxy) is 1. The average molecular weight is 338 g/mol. The van der Waals surface area contributed by atoms with Crippen LogP contribution < -0.4 is 10.5 Å². The maximum Gasteiger partial charge on any atom is 0.573 e. The van der Waals surface area contributed by atoms with Gasteiger partial charge in [0, 0.05) is 10.6 Å². The van der Waals surface area contributed by atoms with E-state index in [0.29, 0.717) is 0 Å². The summed E-state index contributed by atoms with van der Waals surface area (Å²) in [6.45, 7) is 0. The highest BCUT2D eigenvalue weighted by molar-refractivity contribution is 6.30. The van der Waals surface area contributed by atoms with Gasteiger partial charge in [0.05, 0.1) is 6.04 Å². The lowest BCUT2D eigenvalue weighted by molar-refractivity contribution is -0.274. The first-order valence-electron chi connectivity index (χ1n) is 5.93. The third-order valence-corrected chi connectivity index (χ3v) is 3.05. The van der Waals surface area contributed by atoms with Crippen LogP contribution in [0.1, 0.15) is 17.2 Å². The van der Waals surface area contributed by atoms with E-state index in [1.165, 1.54) is 12.1 Å². The van der Waals surface area contributed by atoms with Crippen LogP contribution in [-0.2, 0) is 0 Å². The van der Waals surface area contributed by atoms with Crippen LogP contribution in [0.4, 0.5) is 22.0 Å². The predicted octanol–water partition coefficient (Wildman–Crippen LogP) is 4.56. The third kappa shape index (κ3) is 3.86. The Morgan fingerprint density at radius 1 is 1.00 bits per heavy atom. The first-order valence-corrected chi connectivity index (χ1v) is 6.31. The quantitative estimate of drug-likeness (QED) is 0.833. The molecule has 2 N–H and O–H groups in total. The molecule has 0 amide bonds. The largest absolute Gasteiger partial charge is 0.573 e. The SMILES string of the molecule is N[C@@H](c1ccc(OC(F)(F)F)cc1)c1c(F)cc(Cl)cc1F. The van der Waals surface area contributed by atoms with Gasteiger partial charge in [-0.25, -0.2) is 8.78 Å². The molecule has 0 heterocycles.